The second-order valence-electron chi connectivity index (χ2n) is 5.98. The van der Waals surface area contributed by atoms with Gasteiger partial charge in [0, 0.05) is 25.2 Å². The molecule has 2 aromatic rings. The number of carbonyl (C=O) groups is 1. The number of alkyl halides is 3. The SMILES string of the molecule is Cc1cc(C(F)(F)F)nn1CCCNC(=O)CCS(=O)(=O)c1ccccc1. The summed E-state index contributed by atoms with van der Waals surface area (Å²) in [5, 5.41) is 6.07. The van der Waals surface area contributed by atoms with E-state index in [2.05, 4.69) is 10.4 Å². The fourth-order valence-electron chi connectivity index (χ4n) is 2.39. The minimum Gasteiger partial charge on any atom is -0.356 e. The molecule has 0 spiro atoms. The fraction of sp³-hybridized carbons (Fsp3) is 0.412. The van der Waals surface area contributed by atoms with Gasteiger partial charge in [-0.05, 0) is 31.5 Å². The van der Waals surface area contributed by atoms with Gasteiger partial charge in [0.25, 0.3) is 0 Å². The highest BCUT2D eigenvalue weighted by atomic mass is 32.2. The van der Waals surface area contributed by atoms with Crippen molar-refractivity contribution in [2.45, 2.75) is 37.4 Å². The van der Waals surface area contributed by atoms with Gasteiger partial charge in [-0.1, -0.05) is 18.2 Å². The second-order valence-corrected chi connectivity index (χ2v) is 8.09. The van der Waals surface area contributed by atoms with E-state index in [9.17, 15) is 26.4 Å². The monoisotopic (exact) mass is 403 g/mol. The fourth-order valence-corrected chi connectivity index (χ4v) is 3.65. The van der Waals surface area contributed by atoms with Crippen LogP contribution in [0.3, 0.4) is 0 Å². The van der Waals surface area contributed by atoms with Crippen molar-refractivity contribution in [2.75, 3.05) is 12.3 Å². The molecule has 0 saturated carbocycles. The molecule has 0 atom stereocenters. The molecule has 1 amide bonds. The Bertz CT molecular complexity index is 878. The van der Waals surface area contributed by atoms with E-state index >= 15 is 0 Å². The number of hydrogen-bond acceptors (Lipinski definition) is 4. The quantitative estimate of drug-likeness (QED) is 0.687. The number of benzene rings is 1. The topological polar surface area (TPSA) is 81.1 Å². The van der Waals surface area contributed by atoms with E-state index < -0.39 is 27.6 Å². The summed E-state index contributed by atoms with van der Waals surface area (Å²) in [5.74, 6) is -0.738. The Balaban J connectivity index is 1.75. The van der Waals surface area contributed by atoms with Crippen LogP contribution in [0, 0.1) is 6.92 Å². The van der Waals surface area contributed by atoms with Crippen molar-refractivity contribution >= 4 is 15.7 Å². The Morgan fingerprint density at radius 1 is 1.22 bits per heavy atom. The van der Waals surface area contributed by atoms with Gasteiger partial charge in [0.1, 0.15) is 0 Å². The Labute approximate surface area is 155 Å². The number of aromatic nitrogens is 2. The highest BCUT2D eigenvalue weighted by molar-refractivity contribution is 7.91. The van der Waals surface area contributed by atoms with Gasteiger partial charge in [-0.2, -0.15) is 18.3 Å². The standard InChI is InChI=1S/C17H20F3N3O3S/c1-13-12-15(17(18,19)20)22-23(13)10-5-9-21-16(24)8-11-27(25,26)14-6-3-2-4-7-14/h2-4,6-7,12H,5,8-11H2,1H3,(H,21,24). The zero-order chi connectivity index (χ0) is 20.1. The summed E-state index contributed by atoms with van der Waals surface area (Å²) < 4.78 is 63.2. The average Bonchev–Trinajstić information content (AvgIpc) is 2.99. The molecule has 1 heterocycles. The van der Waals surface area contributed by atoms with Crippen LogP contribution in [0.2, 0.25) is 0 Å². The van der Waals surface area contributed by atoms with Crippen molar-refractivity contribution in [3.63, 3.8) is 0 Å². The zero-order valence-corrected chi connectivity index (χ0v) is 15.5. The Morgan fingerprint density at radius 2 is 1.89 bits per heavy atom. The number of amides is 1. The Hall–Kier alpha value is -2.36. The number of halogens is 3. The second kappa shape index (κ2) is 8.55. The highest BCUT2D eigenvalue weighted by Gasteiger charge is 2.34. The van der Waals surface area contributed by atoms with Crippen LogP contribution in [0.25, 0.3) is 0 Å². The molecule has 0 fully saturated rings. The Morgan fingerprint density at radius 3 is 2.48 bits per heavy atom. The number of carbonyl (C=O) groups excluding carboxylic acids is 1. The minimum absolute atomic E-state index is 0.160. The summed E-state index contributed by atoms with van der Waals surface area (Å²) in [6.45, 7) is 1.95. The number of rotatable bonds is 8. The first-order valence-electron chi connectivity index (χ1n) is 8.26. The molecule has 0 bridgehead atoms. The van der Waals surface area contributed by atoms with Gasteiger partial charge < -0.3 is 5.32 Å². The van der Waals surface area contributed by atoms with E-state index in [0.29, 0.717) is 12.1 Å². The van der Waals surface area contributed by atoms with Crippen LogP contribution >= 0.6 is 0 Å². The number of sulfone groups is 1. The van der Waals surface area contributed by atoms with Gasteiger partial charge >= 0.3 is 6.18 Å². The minimum atomic E-state index is -4.49. The number of hydrogen-bond donors (Lipinski definition) is 1. The maximum Gasteiger partial charge on any atom is 0.435 e. The predicted molar refractivity (Wildman–Crippen MR) is 92.7 cm³/mol. The lowest BCUT2D eigenvalue weighted by atomic mass is 10.3. The summed E-state index contributed by atoms with van der Waals surface area (Å²) in [5.41, 5.74) is -0.572. The lowest BCUT2D eigenvalue weighted by molar-refractivity contribution is -0.141. The largest absolute Gasteiger partial charge is 0.435 e. The molecule has 0 aliphatic heterocycles. The lowest BCUT2D eigenvalue weighted by Crippen LogP contribution is -2.27. The summed E-state index contributed by atoms with van der Waals surface area (Å²) in [6, 6.07) is 8.81. The van der Waals surface area contributed by atoms with E-state index in [0.717, 1.165) is 6.07 Å². The molecule has 1 aromatic heterocycles. The van der Waals surface area contributed by atoms with E-state index in [1.807, 2.05) is 0 Å². The van der Waals surface area contributed by atoms with E-state index in [1.165, 1.54) is 23.7 Å². The van der Waals surface area contributed by atoms with Crippen LogP contribution in [0.4, 0.5) is 13.2 Å². The molecule has 0 unspecified atom stereocenters. The zero-order valence-electron chi connectivity index (χ0n) is 14.7. The van der Waals surface area contributed by atoms with Crippen molar-refractivity contribution in [1.82, 2.24) is 15.1 Å². The third-order valence-corrected chi connectivity index (χ3v) is 5.57. The first-order valence-corrected chi connectivity index (χ1v) is 9.91. The third kappa shape index (κ3) is 6.09. The summed E-state index contributed by atoms with van der Waals surface area (Å²) in [4.78, 5) is 11.9. The molecule has 1 aromatic carbocycles. The highest BCUT2D eigenvalue weighted by Crippen LogP contribution is 2.28. The molecule has 6 nitrogen and oxygen atoms in total. The van der Waals surface area contributed by atoms with E-state index in [4.69, 9.17) is 0 Å². The summed E-state index contributed by atoms with van der Waals surface area (Å²) in [6.07, 6.45) is -4.30. The van der Waals surface area contributed by atoms with Gasteiger partial charge in [0.2, 0.25) is 5.91 Å². The molecular weight excluding hydrogens is 383 g/mol. The molecule has 2 rings (SSSR count). The van der Waals surface area contributed by atoms with Crippen molar-refractivity contribution in [3.8, 4) is 0 Å². The molecule has 0 saturated heterocycles. The molecule has 10 heteroatoms. The van der Waals surface area contributed by atoms with Crippen molar-refractivity contribution < 1.29 is 26.4 Å². The van der Waals surface area contributed by atoms with Gasteiger partial charge in [-0.15, -0.1) is 0 Å². The van der Waals surface area contributed by atoms with Gasteiger partial charge in [-0.25, -0.2) is 8.42 Å². The molecule has 1 N–H and O–H groups in total. The smallest absolute Gasteiger partial charge is 0.356 e. The average molecular weight is 403 g/mol. The van der Waals surface area contributed by atoms with Crippen LogP contribution in [-0.2, 0) is 27.4 Å². The molecule has 0 aliphatic carbocycles. The maximum atomic E-state index is 12.6. The summed E-state index contributed by atoms with van der Waals surface area (Å²) in [7, 11) is -3.53. The normalized spacial score (nSPS) is 12.1. The van der Waals surface area contributed by atoms with Crippen molar-refractivity contribution in [3.05, 3.63) is 47.8 Å². The van der Waals surface area contributed by atoms with Gasteiger partial charge in [-0.3, -0.25) is 9.48 Å². The van der Waals surface area contributed by atoms with Crippen LogP contribution in [-0.4, -0.2) is 36.4 Å². The molecule has 0 aliphatic rings. The van der Waals surface area contributed by atoms with E-state index in [-0.39, 0.29) is 30.2 Å². The van der Waals surface area contributed by atoms with E-state index in [1.54, 1.807) is 18.2 Å². The number of nitrogens with one attached hydrogen (secondary N) is 1. The van der Waals surface area contributed by atoms with Crippen molar-refractivity contribution in [1.29, 1.82) is 0 Å². The number of aryl methyl sites for hydroxylation is 2. The van der Waals surface area contributed by atoms with Crippen LogP contribution in [0.5, 0.6) is 0 Å². The number of nitrogens with zero attached hydrogens (tertiary/aromatic N) is 2. The third-order valence-electron chi connectivity index (χ3n) is 3.84. The molecular formula is C17H20F3N3O3S. The maximum absolute atomic E-state index is 12.6. The Kier molecular flexibility index (Phi) is 6.63. The predicted octanol–water partition coefficient (Wildman–Crippen LogP) is 2.58. The van der Waals surface area contributed by atoms with Crippen molar-refractivity contribution in [2.24, 2.45) is 0 Å². The summed E-state index contributed by atoms with van der Waals surface area (Å²) >= 11 is 0. The molecule has 148 valence electrons. The first kappa shape index (κ1) is 20.9. The van der Waals surface area contributed by atoms with Gasteiger partial charge in [0.15, 0.2) is 15.5 Å². The van der Waals surface area contributed by atoms with Crippen LogP contribution < -0.4 is 5.32 Å². The first-order chi connectivity index (χ1) is 12.6. The lowest BCUT2D eigenvalue weighted by Gasteiger charge is -2.08. The van der Waals surface area contributed by atoms with Crippen LogP contribution in [0.1, 0.15) is 24.2 Å². The van der Waals surface area contributed by atoms with Gasteiger partial charge in [0.05, 0.1) is 10.6 Å². The van der Waals surface area contributed by atoms with Crippen LogP contribution in [0.15, 0.2) is 41.3 Å². The molecule has 27 heavy (non-hydrogen) atoms. The molecule has 0 radical (unpaired) electrons.